The molecule has 0 radical (unpaired) electrons. The zero-order chi connectivity index (χ0) is 19.7. The quantitative estimate of drug-likeness (QED) is 0.553. The van der Waals surface area contributed by atoms with Crippen molar-refractivity contribution < 1.29 is 19.1 Å². The third kappa shape index (κ3) is 8.50. The second-order valence-electron chi connectivity index (χ2n) is 7.99. The monoisotopic (exact) mass is 362 g/mol. The molecule has 0 spiro atoms. The summed E-state index contributed by atoms with van der Waals surface area (Å²) in [5.41, 5.74) is 1.83. The summed E-state index contributed by atoms with van der Waals surface area (Å²) in [4.78, 5) is 23.1. The van der Waals surface area contributed by atoms with Crippen molar-refractivity contribution in [1.29, 1.82) is 0 Å². The summed E-state index contributed by atoms with van der Waals surface area (Å²) >= 11 is 0. The highest BCUT2D eigenvalue weighted by Gasteiger charge is 2.23. The maximum absolute atomic E-state index is 12.2. The third-order valence-electron chi connectivity index (χ3n) is 4.41. The smallest absolute Gasteiger partial charge is 0.309 e. The molecule has 0 saturated carbocycles. The minimum atomic E-state index is -0.425. The molecular weight excluding hydrogens is 328 g/mol. The van der Waals surface area contributed by atoms with E-state index in [-0.39, 0.29) is 17.9 Å². The molecule has 0 heterocycles. The van der Waals surface area contributed by atoms with Crippen LogP contribution in [0.15, 0.2) is 24.3 Å². The lowest BCUT2D eigenvalue weighted by Crippen LogP contribution is -2.28. The molecule has 0 saturated heterocycles. The Morgan fingerprint density at radius 1 is 1.08 bits per heavy atom. The maximum Gasteiger partial charge on any atom is 0.309 e. The van der Waals surface area contributed by atoms with Crippen LogP contribution in [0.3, 0.4) is 0 Å². The van der Waals surface area contributed by atoms with Gasteiger partial charge in [-0.05, 0) is 57.1 Å². The third-order valence-corrected chi connectivity index (χ3v) is 4.41. The largest absolute Gasteiger partial charge is 0.461 e. The van der Waals surface area contributed by atoms with E-state index in [1.54, 1.807) is 0 Å². The Morgan fingerprint density at radius 2 is 1.69 bits per heavy atom. The molecule has 0 amide bonds. The topological polar surface area (TPSA) is 52.6 Å². The lowest BCUT2D eigenvalue weighted by atomic mass is 9.91. The predicted octanol–water partition coefficient (Wildman–Crippen LogP) is 5.39. The van der Waals surface area contributed by atoms with Crippen LogP contribution >= 0.6 is 0 Å². The van der Waals surface area contributed by atoms with Crippen LogP contribution in [-0.4, -0.2) is 17.5 Å². The molecule has 0 bridgehead atoms. The molecular formula is C22H34O4. The van der Waals surface area contributed by atoms with Crippen molar-refractivity contribution in [1.82, 2.24) is 0 Å². The van der Waals surface area contributed by atoms with Crippen LogP contribution in [0.5, 0.6) is 0 Å². The summed E-state index contributed by atoms with van der Waals surface area (Å²) in [5, 5.41) is 0. The minimum Gasteiger partial charge on any atom is -0.461 e. The Hall–Kier alpha value is -1.84. The van der Waals surface area contributed by atoms with E-state index in [0.29, 0.717) is 12.5 Å². The molecule has 0 fully saturated rings. The van der Waals surface area contributed by atoms with E-state index in [1.807, 2.05) is 39.8 Å². The van der Waals surface area contributed by atoms with Gasteiger partial charge in [-0.25, -0.2) is 0 Å². The molecule has 0 aliphatic heterocycles. The van der Waals surface area contributed by atoms with E-state index in [9.17, 15) is 9.59 Å². The highest BCUT2D eigenvalue weighted by Crippen LogP contribution is 2.25. The number of rotatable bonds is 9. The van der Waals surface area contributed by atoms with E-state index in [1.165, 1.54) is 12.5 Å². The van der Waals surface area contributed by atoms with Crippen LogP contribution in [0, 0.1) is 5.92 Å². The molecule has 0 aliphatic rings. The zero-order valence-corrected chi connectivity index (χ0v) is 17.1. The summed E-state index contributed by atoms with van der Waals surface area (Å²) in [6, 6.07) is 8.19. The average molecular weight is 363 g/mol. The summed E-state index contributed by atoms with van der Waals surface area (Å²) < 4.78 is 10.5. The first kappa shape index (κ1) is 22.2. The van der Waals surface area contributed by atoms with Crippen molar-refractivity contribution in [3.8, 4) is 0 Å². The van der Waals surface area contributed by atoms with E-state index in [0.717, 1.165) is 31.2 Å². The van der Waals surface area contributed by atoms with Gasteiger partial charge in [0.05, 0.1) is 5.92 Å². The Bertz CT molecular complexity index is 569. The molecule has 4 heteroatoms. The number of carbonyl (C=O) groups excluding carboxylic acids is 2. The van der Waals surface area contributed by atoms with Crippen molar-refractivity contribution in [3.05, 3.63) is 35.4 Å². The van der Waals surface area contributed by atoms with Gasteiger partial charge < -0.3 is 9.47 Å². The van der Waals surface area contributed by atoms with E-state index >= 15 is 0 Å². The standard InChI is InChI=1S/C22H34O4/c1-7-19(21(24)26-22(4,5)6)10-8-9-16(2)20-13-11-18(12-14-20)15-25-17(3)23/h11-14,16,19H,7-10,15H2,1-6H3. The molecule has 0 N–H and O–H groups in total. The van der Waals surface area contributed by atoms with Crippen LogP contribution in [0.4, 0.5) is 0 Å². The van der Waals surface area contributed by atoms with Crippen molar-refractivity contribution in [3.63, 3.8) is 0 Å². The SMILES string of the molecule is CCC(CCCC(C)c1ccc(COC(C)=O)cc1)C(=O)OC(C)(C)C. The summed E-state index contributed by atoms with van der Waals surface area (Å²) in [5.74, 6) is 0.0573. The second kappa shape index (κ2) is 10.3. The molecule has 2 atom stereocenters. The maximum atomic E-state index is 12.2. The Balaban J connectivity index is 2.46. The van der Waals surface area contributed by atoms with Gasteiger partial charge in [-0.15, -0.1) is 0 Å². The van der Waals surface area contributed by atoms with E-state index in [4.69, 9.17) is 9.47 Å². The van der Waals surface area contributed by atoms with Crippen LogP contribution in [0.2, 0.25) is 0 Å². The lowest BCUT2D eigenvalue weighted by molar-refractivity contribution is -0.160. The second-order valence-corrected chi connectivity index (χ2v) is 7.99. The van der Waals surface area contributed by atoms with Gasteiger partial charge in [0, 0.05) is 6.92 Å². The molecule has 0 aromatic heterocycles. The van der Waals surface area contributed by atoms with Gasteiger partial charge in [0.15, 0.2) is 0 Å². The molecule has 2 unspecified atom stereocenters. The van der Waals surface area contributed by atoms with Crippen LogP contribution in [0.1, 0.15) is 84.3 Å². The predicted molar refractivity (Wildman–Crippen MR) is 104 cm³/mol. The van der Waals surface area contributed by atoms with Crippen LogP contribution < -0.4 is 0 Å². The molecule has 1 aromatic carbocycles. The number of hydrogen-bond acceptors (Lipinski definition) is 4. The van der Waals surface area contributed by atoms with Crippen LogP contribution in [0.25, 0.3) is 0 Å². The molecule has 26 heavy (non-hydrogen) atoms. The van der Waals surface area contributed by atoms with Gasteiger partial charge in [0.25, 0.3) is 0 Å². The Labute approximate surface area is 158 Å². The first-order valence-electron chi connectivity index (χ1n) is 9.57. The van der Waals surface area contributed by atoms with Gasteiger partial charge in [-0.3, -0.25) is 9.59 Å². The molecule has 0 aliphatic carbocycles. The fourth-order valence-corrected chi connectivity index (χ4v) is 2.84. The summed E-state index contributed by atoms with van der Waals surface area (Å²) in [6.45, 7) is 11.7. The van der Waals surface area contributed by atoms with Crippen molar-refractivity contribution in [2.75, 3.05) is 0 Å². The first-order valence-corrected chi connectivity index (χ1v) is 9.57. The number of carbonyl (C=O) groups is 2. The molecule has 146 valence electrons. The number of esters is 2. The number of ether oxygens (including phenoxy) is 2. The number of hydrogen-bond donors (Lipinski definition) is 0. The molecule has 4 nitrogen and oxygen atoms in total. The fourth-order valence-electron chi connectivity index (χ4n) is 2.84. The highest BCUT2D eigenvalue weighted by molar-refractivity contribution is 5.72. The van der Waals surface area contributed by atoms with Gasteiger partial charge >= 0.3 is 11.9 Å². The molecule has 1 aromatic rings. The highest BCUT2D eigenvalue weighted by atomic mass is 16.6. The van der Waals surface area contributed by atoms with E-state index < -0.39 is 5.60 Å². The van der Waals surface area contributed by atoms with Gasteiger partial charge in [0.2, 0.25) is 0 Å². The first-order chi connectivity index (χ1) is 12.1. The Kier molecular flexibility index (Phi) is 8.83. The molecule has 1 rings (SSSR count). The van der Waals surface area contributed by atoms with Gasteiger partial charge in [-0.1, -0.05) is 44.5 Å². The zero-order valence-electron chi connectivity index (χ0n) is 17.1. The van der Waals surface area contributed by atoms with Crippen molar-refractivity contribution in [2.24, 2.45) is 5.92 Å². The van der Waals surface area contributed by atoms with Gasteiger partial charge in [0.1, 0.15) is 12.2 Å². The van der Waals surface area contributed by atoms with Crippen molar-refractivity contribution in [2.45, 2.75) is 85.4 Å². The van der Waals surface area contributed by atoms with E-state index in [2.05, 4.69) is 19.1 Å². The fraction of sp³-hybridized carbons (Fsp3) is 0.636. The lowest BCUT2D eigenvalue weighted by Gasteiger charge is -2.23. The minimum absolute atomic E-state index is 0.0208. The Morgan fingerprint density at radius 3 is 2.19 bits per heavy atom. The average Bonchev–Trinajstić information content (AvgIpc) is 2.55. The van der Waals surface area contributed by atoms with Crippen molar-refractivity contribution >= 4 is 11.9 Å². The number of benzene rings is 1. The summed E-state index contributed by atoms with van der Waals surface area (Å²) in [6.07, 6.45) is 3.70. The normalized spacial score (nSPS) is 13.8. The van der Waals surface area contributed by atoms with Gasteiger partial charge in [-0.2, -0.15) is 0 Å². The van der Waals surface area contributed by atoms with Crippen LogP contribution in [-0.2, 0) is 25.7 Å². The summed E-state index contributed by atoms with van der Waals surface area (Å²) in [7, 11) is 0.